The summed E-state index contributed by atoms with van der Waals surface area (Å²) in [5.41, 5.74) is 0.0939. The zero-order valence-electron chi connectivity index (χ0n) is 11.5. The molecule has 0 saturated heterocycles. The highest BCUT2D eigenvalue weighted by molar-refractivity contribution is 5.75. The Morgan fingerprint density at radius 3 is 2.50 bits per heavy atom. The van der Waals surface area contributed by atoms with Crippen molar-refractivity contribution in [2.45, 2.75) is 52.5 Å². The van der Waals surface area contributed by atoms with Crippen LogP contribution in [0.25, 0.3) is 0 Å². The SMILES string of the molecule is CCC(C)(C)CNC(=O)NC1CCC(C(=O)O)C1. The van der Waals surface area contributed by atoms with E-state index >= 15 is 0 Å². The molecule has 1 aliphatic rings. The number of hydrogen-bond acceptors (Lipinski definition) is 2. The third kappa shape index (κ3) is 4.55. The number of carboxylic acids is 1. The van der Waals surface area contributed by atoms with Gasteiger partial charge in [-0.05, 0) is 31.1 Å². The summed E-state index contributed by atoms with van der Waals surface area (Å²) in [6, 6.07) is -0.191. The summed E-state index contributed by atoms with van der Waals surface area (Å²) in [7, 11) is 0. The molecule has 2 unspecified atom stereocenters. The number of carbonyl (C=O) groups excluding carboxylic acids is 1. The van der Waals surface area contributed by atoms with Crippen molar-refractivity contribution in [3.8, 4) is 0 Å². The largest absolute Gasteiger partial charge is 0.481 e. The molecule has 3 N–H and O–H groups in total. The summed E-state index contributed by atoms with van der Waals surface area (Å²) in [4.78, 5) is 22.5. The number of nitrogens with one attached hydrogen (secondary N) is 2. The predicted octanol–water partition coefficient (Wildman–Crippen LogP) is 1.98. The molecule has 1 rings (SSSR count). The molecule has 104 valence electrons. The van der Waals surface area contributed by atoms with Crippen LogP contribution in [0.1, 0.15) is 46.5 Å². The van der Waals surface area contributed by atoms with Gasteiger partial charge in [0.05, 0.1) is 5.92 Å². The minimum absolute atomic E-state index is 0.00385. The maximum absolute atomic E-state index is 11.7. The third-order valence-electron chi connectivity index (χ3n) is 3.80. The third-order valence-corrected chi connectivity index (χ3v) is 3.80. The van der Waals surface area contributed by atoms with Crippen molar-refractivity contribution in [2.75, 3.05) is 6.54 Å². The molecule has 18 heavy (non-hydrogen) atoms. The minimum Gasteiger partial charge on any atom is -0.481 e. The summed E-state index contributed by atoms with van der Waals surface area (Å²) in [6.07, 6.45) is 2.94. The Morgan fingerprint density at radius 2 is 2.00 bits per heavy atom. The summed E-state index contributed by atoms with van der Waals surface area (Å²) in [5, 5.41) is 14.6. The van der Waals surface area contributed by atoms with Crippen LogP contribution in [0.3, 0.4) is 0 Å². The molecule has 0 aromatic rings. The van der Waals surface area contributed by atoms with E-state index in [1.54, 1.807) is 0 Å². The lowest BCUT2D eigenvalue weighted by atomic mass is 9.90. The predicted molar refractivity (Wildman–Crippen MR) is 69.4 cm³/mol. The van der Waals surface area contributed by atoms with Crippen molar-refractivity contribution in [3.05, 3.63) is 0 Å². The first kappa shape index (κ1) is 14.8. The Kier molecular flexibility index (Phi) is 4.99. The maximum Gasteiger partial charge on any atom is 0.315 e. The highest BCUT2D eigenvalue weighted by Gasteiger charge is 2.30. The van der Waals surface area contributed by atoms with E-state index in [0.717, 1.165) is 12.8 Å². The van der Waals surface area contributed by atoms with Gasteiger partial charge in [0.25, 0.3) is 0 Å². The van der Waals surface area contributed by atoms with Crippen LogP contribution in [0, 0.1) is 11.3 Å². The van der Waals surface area contributed by atoms with E-state index in [0.29, 0.717) is 19.4 Å². The van der Waals surface area contributed by atoms with Crippen molar-refractivity contribution >= 4 is 12.0 Å². The van der Waals surface area contributed by atoms with Gasteiger partial charge in [-0.25, -0.2) is 4.79 Å². The molecule has 0 aliphatic heterocycles. The van der Waals surface area contributed by atoms with Crippen molar-refractivity contribution < 1.29 is 14.7 Å². The van der Waals surface area contributed by atoms with Crippen molar-refractivity contribution in [3.63, 3.8) is 0 Å². The number of carboxylic acid groups (broad SMARTS) is 1. The number of aliphatic carboxylic acids is 1. The summed E-state index contributed by atoms with van der Waals surface area (Å²) in [6.45, 7) is 6.92. The molecular formula is C13H24N2O3. The first-order valence-electron chi connectivity index (χ1n) is 6.61. The van der Waals surface area contributed by atoms with Gasteiger partial charge in [-0.2, -0.15) is 0 Å². The van der Waals surface area contributed by atoms with Crippen molar-refractivity contribution in [1.29, 1.82) is 0 Å². The molecule has 5 nitrogen and oxygen atoms in total. The van der Waals surface area contributed by atoms with Crippen LogP contribution in [0.2, 0.25) is 0 Å². The Bertz CT molecular complexity index is 315. The summed E-state index contributed by atoms with van der Waals surface area (Å²) < 4.78 is 0. The molecule has 1 fully saturated rings. The van der Waals surface area contributed by atoms with Gasteiger partial charge in [-0.1, -0.05) is 20.8 Å². The van der Waals surface area contributed by atoms with Gasteiger partial charge in [-0.3, -0.25) is 4.79 Å². The molecule has 0 aromatic carbocycles. The van der Waals surface area contributed by atoms with Gasteiger partial charge < -0.3 is 15.7 Å². The van der Waals surface area contributed by atoms with Crippen LogP contribution >= 0.6 is 0 Å². The Labute approximate surface area is 108 Å². The number of carbonyl (C=O) groups is 2. The zero-order chi connectivity index (χ0) is 13.8. The average Bonchev–Trinajstić information content (AvgIpc) is 2.75. The second-order valence-electron chi connectivity index (χ2n) is 5.89. The Morgan fingerprint density at radius 1 is 1.33 bits per heavy atom. The molecule has 5 heteroatoms. The normalized spacial score (nSPS) is 23.7. The van der Waals surface area contributed by atoms with E-state index in [-0.39, 0.29) is 23.4 Å². The monoisotopic (exact) mass is 256 g/mol. The first-order chi connectivity index (χ1) is 8.34. The van der Waals surface area contributed by atoms with E-state index in [9.17, 15) is 9.59 Å². The topological polar surface area (TPSA) is 78.4 Å². The fraction of sp³-hybridized carbons (Fsp3) is 0.846. The highest BCUT2D eigenvalue weighted by Crippen LogP contribution is 2.25. The van der Waals surface area contributed by atoms with Crippen LogP contribution in [0.15, 0.2) is 0 Å². The van der Waals surface area contributed by atoms with Crippen LogP contribution in [-0.4, -0.2) is 29.7 Å². The lowest BCUT2D eigenvalue weighted by molar-refractivity contribution is -0.141. The summed E-state index contributed by atoms with van der Waals surface area (Å²) >= 11 is 0. The molecule has 0 bridgehead atoms. The molecule has 0 aromatic heterocycles. The number of urea groups is 1. The van der Waals surface area contributed by atoms with Gasteiger partial charge in [0, 0.05) is 12.6 Å². The minimum atomic E-state index is -0.758. The van der Waals surface area contributed by atoms with Gasteiger partial charge >= 0.3 is 12.0 Å². The molecule has 0 heterocycles. The molecule has 1 saturated carbocycles. The molecule has 0 spiro atoms. The second-order valence-corrected chi connectivity index (χ2v) is 5.89. The van der Waals surface area contributed by atoms with Crippen molar-refractivity contribution in [2.24, 2.45) is 11.3 Å². The number of hydrogen-bond donors (Lipinski definition) is 3. The fourth-order valence-corrected chi connectivity index (χ4v) is 2.02. The molecule has 2 amide bonds. The van der Waals surface area contributed by atoms with E-state index in [4.69, 9.17) is 5.11 Å². The summed E-state index contributed by atoms with van der Waals surface area (Å²) in [5.74, 6) is -1.06. The Hall–Kier alpha value is -1.26. The Balaban J connectivity index is 2.28. The number of rotatable bonds is 5. The van der Waals surface area contributed by atoms with Crippen molar-refractivity contribution in [1.82, 2.24) is 10.6 Å². The standard InChI is InChI=1S/C13H24N2O3/c1-4-13(2,3)8-14-12(18)15-10-6-5-9(7-10)11(16)17/h9-10H,4-8H2,1-3H3,(H,16,17)(H2,14,15,18). The smallest absolute Gasteiger partial charge is 0.315 e. The fourth-order valence-electron chi connectivity index (χ4n) is 2.02. The van der Waals surface area contributed by atoms with Gasteiger partial charge in [0.2, 0.25) is 0 Å². The molecular weight excluding hydrogens is 232 g/mol. The maximum atomic E-state index is 11.7. The molecule has 2 atom stereocenters. The van der Waals surface area contributed by atoms with Crippen LogP contribution in [0.4, 0.5) is 4.79 Å². The second kappa shape index (κ2) is 6.07. The highest BCUT2D eigenvalue weighted by atomic mass is 16.4. The van der Waals surface area contributed by atoms with E-state index in [1.807, 2.05) is 0 Å². The number of amides is 2. The molecule has 0 radical (unpaired) electrons. The lowest BCUT2D eigenvalue weighted by Crippen LogP contribution is -2.44. The van der Waals surface area contributed by atoms with E-state index in [2.05, 4.69) is 31.4 Å². The van der Waals surface area contributed by atoms with E-state index < -0.39 is 5.97 Å². The van der Waals surface area contributed by atoms with E-state index in [1.165, 1.54) is 0 Å². The van der Waals surface area contributed by atoms with Crippen LogP contribution in [-0.2, 0) is 4.79 Å². The van der Waals surface area contributed by atoms with Crippen LogP contribution in [0.5, 0.6) is 0 Å². The van der Waals surface area contributed by atoms with Gasteiger partial charge in [0.1, 0.15) is 0 Å². The van der Waals surface area contributed by atoms with Gasteiger partial charge in [-0.15, -0.1) is 0 Å². The lowest BCUT2D eigenvalue weighted by Gasteiger charge is -2.23. The molecule has 1 aliphatic carbocycles. The van der Waals surface area contributed by atoms with Gasteiger partial charge in [0.15, 0.2) is 0 Å². The zero-order valence-corrected chi connectivity index (χ0v) is 11.5. The first-order valence-corrected chi connectivity index (χ1v) is 6.61. The quantitative estimate of drug-likeness (QED) is 0.703. The van der Waals surface area contributed by atoms with Crippen LogP contribution < -0.4 is 10.6 Å². The average molecular weight is 256 g/mol.